The summed E-state index contributed by atoms with van der Waals surface area (Å²) in [4.78, 5) is 3.35. The third-order valence-electron chi connectivity index (χ3n) is 5.84. The lowest BCUT2D eigenvalue weighted by atomic mass is 10.0. The molecule has 1 aliphatic rings. The van der Waals surface area contributed by atoms with Gasteiger partial charge in [-0.15, -0.1) is 0 Å². The summed E-state index contributed by atoms with van der Waals surface area (Å²) >= 11 is 5.54. The van der Waals surface area contributed by atoms with Crippen molar-refractivity contribution < 1.29 is 0 Å². The first-order valence-electron chi connectivity index (χ1n) is 7.36. The molecule has 0 unspecified atom stereocenters. The maximum absolute atomic E-state index is 5.54. The van der Waals surface area contributed by atoms with Gasteiger partial charge in [0.2, 0.25) is 0 Å². The van der Waals surface area contributed by atoms with Crippen LogP contribution < -0.4 is 0 Å². The van der Waals surface area contributed by atoms with Crippen LogP contribution in [0.4, 0.5) is 0 Å². The number of imidazole rings is 1. The summed E-state index contributed by atoms with van der Waals surface area (Å²) < 4.78 is 5.02. The predicted octanol–water partition coefficient (Wildman–Crippen LogP) is 3.68. The number of aromatic nitrogens is 4. The number of H-pyrrole nitrogens is 1. The normalized spacial score (nSPS) is 20.7. The van der Waals surface area contributed by atoms with Gasteiger partial charge in [-0.25, -0.2) is 0 Å². The van der Waals surface area contributed by atoms with Gasteiger partial charge in [-0.3, -0.25) is 4.68 Å². The molecule has 0 radical (unpaired) electrons. The Labute approximate surface area is 125 Å². The number of nitrogens with one attached hydrogen (secondary N) is 1. The first-order chi connectivity index (χ1) is 9.21. The third kappa shape index (κ3) is 1.59. The Balaban J connectivity index is 2.07. The Morgan fingerprint density at radius 3 is 2.35 bits per heavy atom. The van der Waals surface area contributed by atoms with Gasteiger partial charge in [0.25, 0.3) is 0 Å². The molecule has 0 saturated heterocycles. The van der Waals surface area contributed by atoms with Crippen LogP contribution in [0.1, 0.15) is 40.3 Å². The Hall–Kier alpha value is -1.10. The highest BCUT2D eigenvalue weighted by atomic mass is 32.1. The first kappa shape index (κ1) is 13.9. The summed E-state index contributed by atoms with van der Waals surface area (Å²) in [5.74, 6) is 0.653. The summed E-state index contributed by atoms with van der Waals surface area (Å²) in [6.45, 7) is 12.5. The van der Waals surface area contributed by atoms with Crippen molar-refractivity contribution in [1.82, 2.24) is 19.3 Å². The standard InChI is InChI=1S/C15H24N4S/c1-7-9-11-12(18(6)17-9)19(13(20)16-11)8-10-14(2,3)15(10,4)5/h10H,7-8H2,1-6H3,(H,16,20). The molecule has 4 nitrogen and oxygen atoms in total. The quantitative estimate of drug-likeness (QED) is 0.877. The van der Waals surface area contributed by atoms with E-state index in [1.165, 1.54) is 0 Å². The van der Waals surface area contributed by atoms with Crippen LogP contribution in [0, 0.1) is 21.5 Å². The fourth-order valence-corrected chi connectivity index (χ4v) is 3.93. The van der Waals surface area contributed by atoms with E-state index >= 15 is 0 Å². The predicted molar refractivity (Wildman–Crippen MR) is 84.3 cm³/mol. The molecule has 1 fully saturated rings. The largest absolute Gasteiger partial charge is 0.328 e. The van der Waals surface area contributed by atoms with Crippen molar-refractivity contribution in [2.45, 2.75) is 47.6 Å². The van der Waals surface area contributed by atoms with Crippen LogP contribution in [0.3, 0.4) is 0 Å². The van der Waals surface area contributed by atoms with E-state index in [1.807, 2.05) is 11.7 Å². The molecule has 1 saturated carbocycles. The molecule has 1 N–H and O–H groups in total. The van der Waals surface area contributed by atoms with Crippen LogP contribution in [0.2, 0.25) is 0 Å². The first-order valence-corrected chi connectivity index (χ1v) is 7.77. The molecule has 110 valence electrons. The van der Waals surface area contributed by atoms with Gasteiger partial charge < -0.3 is 9.55 Å². The van der Waals surface area contributed by atoms with E-state index in [-0.39, 0.29) is 0 Å². The van der Waals surface area contributed by atoms with Crippen molar-refractivity contribution in [3.8, 4) is 0 Å². The monoisotopic (exact) mass is 292 g/mol. The molecule has 20 heavy (non-hydrogen) atoms. The van der Waals surface area contributed by atoms with Crippen molar-refractivity contribution in [2.24, 2.45) is 23.8 Å². The SMILES string of the molecule is CCc1nn(C)c2c1[nH]c(=S)n2CC1C(C)(C)C1(C)C. The van der Waals surface area contributed by atoms with Crippen molar-refractivity contribution in [2.75, 3.05) is 0 Å². The van der Waals surface area contributed by atoms with Gasteiger partial charge in [-0.05, 0) is 35.4 Å². The summed E-state index contributed by atoms with van der Waals surface area (Å²) in [7, 11) is 2.00. The Bertz CT molecular complexity index is 715. The van der Waals surface area contributed by atoms with Gasteiger partial charge in [0.05, 0.1) is 5.69 Å². The number of fused-ring (bicyclic) bond motifs is 1. The molecule has 1 aliphatic carbocycles. The van der Waals surface area contributed by atoms with E-state index in [1.54, 1.807) is 0 Å². The molecule has 0 atom stereocenters. The van der Waals surface area contributed by atoms with Crippen LogP contribution in [-0.4, -0.2) is 19.3 Å². The van der Waals surface area contributed by atoms with Crippen molar-refractivity contribution in [3.63, 3.8) is 0 Å². The number of hydrogen-bond donors (Lipinski definition) is 1. The van der Waals surface area contributed by atoms with Crippen LogP contribution in [-0.2, 0) is 20.0 Å². The highest BCUT2D eigenvalue weighted by Crippen LogP contribution is 2.68. The number of rotatable bonds is 3. The lowest BCUT2D eigenvalue weighted by Crippen LogP contribution is -2.07. The van der Waals surface area contributed by atoms with E-state index < -0.39 is 0 Å². The van der Waals surface area contributed by atoms with Gasteiger partial charge in [-0.1, -0.05) is 34.6 Å². The van der Waals surface area contributed by atoms with Crippen LogP contribution in [0.5, 0.6) is 0 Å². The number of nitrogens with zero attached hydrogens (tertiary/aromatic N) is 3. The zero-order valence-corrected chi connectivity index (χ0v) is 14.1. The molecular weight excluding hydrogens is 268 g/mol. The van der Waals surface area contributed by atoms with E-state index in [4.69, 9.17) is 12.2 Å². The molecule has 2 aromatic heterocycles. The molecule has 0 aromatic carbocycles. The molecule has 0 amide bonds. The number of aromatic amines is 1. The average molecular weight is 292 g/mol. The van der Waals surface area contributed by atoms with Gasteiger partial charge >= 0.3 is 0 Å². The second-order valence-electron chi connectivity index (χ2n) is 7.16. The van der Waals surface area contributed by atoms with E-state index in [9.17, 15) is 0 Å². The molecule has 3 rings (SSSR count). The molecule has 0 spiro atoms. The molecule has 2 heterocycles. The highest BCUT2D eigenvalue weighted by Gasteiger charge is 2.64. The fraction of sp³-hybridized carbons (Fsp3) is 0.733. The number of hydrogen-bond acceptors (Lipinski definition) is 2. The third-order valence-corrected chi connectivity index (χ3v) is 6.16. The second kappa shape index (κ2) is 3.97. The van der Waals surface area contributed by atoms with Gasteiger partial charge in [0.1, 0.15) is 5.52 Å². The average Bonchev–Trinajstić information content (AvgIpc) is 2.71. The van der Waals surface area contributed by atoms with E-state index in [2.05, 4.69) is 49.3 Å². The summed E-state index contributed by atoms with van der Waals surface area (Å²) in [6, 6.07) is 0. The Morgan fingerprint density at radius 2 is 1.85 bits per heavy atom. The molecule has 0 aliphatic heterocycles. The van der Waals surface area contributed by atoms with Gasteiger partial charge in [0, 0.05) is 13.6 Å². The van der Waals surface area contributed by atoms with Crippen molar-refractivity contribution >= 4 is 23.4 Å². The molecular formula is C15H24N4S. The summed E-state index contributed by atoms with van der Waals surface area (Å²) in [5, 5.41) is 4.59. The zero-order chi connectivity index (χ0) is 14.9. The summed E-state index contributed by atoms with van der Waals surface area (Å²) in [6.07, 6.45) is 0.924. The zero-order valence-electron chi connectivity index (χ0n) is 13.2. The van der Waals surface area contributed by atoms with Crippen molar-refractivity contribution in [1.29, 1.82) is 0 Å². The van der Waals surface area contributed by atoms with Gasteiger partial charge in [-0.2, -0.15) is 5.10 Å². The van der Waals surface area contributed by atoms with Crippen LogP contribution in [0.15, 0.2) is 0 Å². The van der Waals surface area contributed by atoms with E-state index in [0.29, 0.717) is 16.7 Å². The van der Waals surface area contributed by atoms with Crippen molar-refractivity contribution in [3.05, 3.63) is 10.5 Å². The minimum absolute atomic E-state index is 0.373. The fourth-order valence-electron chi connectivity index (χ4n) is 3.67. The minimum atomic E-state index is 0.373. The lowest BCUT2D eigenvalue weighted by molar-refractivity contribution is 0.457. The van der Waals surface area contributed by atoms with E-state index in [0.717, 1.165) is 34.6 Å². The highest BCUT2D eigenvalue weighted by molar-refractivity contribution is 7.71. The number of aryl methyl sites for hydroxylation is 2. The maximum Gasteiger partial charge on any atom is 0.179 e. The Kier molecular flexibility index (Phi) is 2.75. The Morgan fingerprint density at radius 1 is 1.25 bits per heavy atom. The molecule has 5 heteroatoms. The maximum atomic E-state index is 5.54. The van der Waals surface area contributed by atoms with Crippen LogP contribution >= 0.6 is 12.2 Å². The molecule has 2 aromatic rings. The lowest BCUT2D eigenvalue weighted by Gasteiger charge is -2.06. The van der Waals surface area contributed by atoms with Gasteiger partial charge in [0.15, 0.2) is 10.4 Å². The summed E-state index contributed by atoms with van der Waals surface area (Å²) in [5.41, 5.74) is 4.08. The van der Waals surface area contributed by atoms with Crippen LogP contribution in [0.25, 0.3) is 11.2 Å². The smallest absolute Gasteiger partial charge is 0.179 e. The topological polar surface area (TPSA) is 38.5 Å². The molecule has 0 bridgehead atoms. The minimum Gasteiger partial charge on any atom is -0.328 e. The second-order valence-corrected chi connectivity index (χ2v) is 7.55.